The van der Waals surface area contributed by atoms with E-state index < -0.39 is 0 Å². The quantitative estimate of drug-likeness (QED) is 0.329. The Balaban J connectivity index is 0.00000289. The summed E-state index contributed by atoms with van der Waals surface area (Å²) in [6, 6.07) is 9.15. The van der Waals surface area contributed by atoms with E-state index >= 15 is 0 Å². The summed E-state index contributed by atoms with van der Waals surface area (Å²) in [5.41, 5.74) is 1.31. The Morgan fingerprint density at radius 2 is 2.12 bits per heavy atom. The smallest absolute Gasteiger partial charge is 0.193 e. The molecule has 0 saturated carbocycles. The predicted octanol–water partition coefficient (Wildman–Crippen LogP) is 4.70. The summed E-state index contributed by atoms with van der Waals surface area (Å²) in [6.07, 6.45) is 9.47. The SMILES string of the molecule is CN=C(NCC1CCCN(C)C1c1cccc(Cl)c1)N1CCC(C)C(n2ccnc2)C1.I. The lowest BCUT2D eigenvalue weighted by atomic mass is 9.85. The molecular formula is C24H36ClIN6. The Hall–Kier alpha value is -1.32. The van der Waals surface area contributed by atoms with Crippen LogP contribution in [0.15, 0.2) is 48.0 Å². The highest BCUT2D eigenvalue weighted by Crippen LogP contribution is 2.35. The van der Waals surface area contributed by atoms with Crippen LogP contribution in [-0.4, -0.2) is 65.6 Å². The highest BCUT2D eigenvalue weighted by Gasteiger charge is 2.32. The molecule has 4 rings (SSSR count). The van der Waals surface area contributed by atoms with Gasteiger partial charge in [0, 0.05) is 50.1 Å². The average molecular weight is 571 g/mol. The number of hydrogen-bond acceptors (Lipinski definition) is 3. The first-order chi connectivity index (χ1) is 15.1. The summed E-state index contributed by atoms with van der Waals surface area (Å²) in [7, 11) is 4.13. The molecule has 176 valence electrons. The molecule has 8 heteroatoms. The van der Waals surface area contributed by atoms with Crippen molar-refractivity contribution in [2.75, 3.05) is 40.3 Å². The number of aromatic nitrogens is 2. The third-order valence-electron chi connectivity index (χ3n) is 7.06. The van der Waals surface area contributed by atoms with Gasteiger partial charge in [0.05, 0.1) is 12.4 Å². The van der Waals surface area contributed by atoms with Crippen molar-refractivity contribution in [3.05, 3.63) is 53.6 Å². The summed E-state index contributed by atoms with van der Waals surface area (Å²) >= 11 is 6.31. The number of piperidine rings is 2. The molecule has 2 aliphatic rings. The van der Waals surface area contributed by atoms with Crippen LogP contribution >= 0.6 is 35.6 Å². The van der Waals surface area contributed by atoms with Crippen molar-refractivity contribution in [1.29, 1.82) is 0 Å². The van der Waals surface area contributed by atoms with Crippen LogP contribution in [0.2, 0.25) is 5.02 Å². The summed E-state index contributed by atoms with van der Waals surface area (Å²) in [4.78, 5) is 13.8. The number of guanidine groups is 1. The van der Waals surface area contributed by atoms with Crippen molar-refractivity contribution in [2.45, 2.75) is 38.3 Å². The second-order valence-corrected chi connectivity index (χ2v) is 9.54. The van der Waals surface area contributed by atoms with Crippen molar-refractivity contribution in [3.8, 4) is 0 Å². The van der Waals surface area contributed by atoms with Crippen LogP contribution < -0.4 is 5.32 Å². The molecule has 6 nitrogen and oxygen atoms in total. The van der Waals surface area contributed by atoms with Gasteiger partial charge < -0.3 is 14.8 Å². The normalized spacial score (nSPS) is 27.1. The molecular weight excluding hydrogens is 535 g/mol. The van der Waals surface area contributed by atoms with Gasteiger partial charge in [0.25, 0.3) is 0 Å². The maximum atomic E-state index is 6.31. The Morgan fingerprint density at radius 1 is 1.28 bits per heavy atom. The van der Waals surface area contributed by atoms with Crippen LogP contribution in [0.3, 0.4) is 0 Å². The topological polar surface area (TPSA) is 48.7 Å². The lowest BCUT2D eigenvalue weighted by Crippen LogP contribution is -2.51. The Labute approximate surface area is 214 Å². The number of hydrogen-bond donors (Lipinski definition) is 1. The molecule has 0 spiro atoms. The second-order valence-electron chi connectivity index (χ2n) is 9.10. The molecule has 1 aromatic carbocycles. The van der Waals surface area contributed by atoms with Gasteiger partial charge in [-0.15, -0.1) is 24.0 Å². The highest BCUT2D eigenvalue weighted by molar-refractivity contribution is 14.0. The Morgan fingerprint density at radius 3 is 2.84 bits per heavy atom. The fraction of sp³-hybridized carbons (Fsp3) is 0.583. The van der Waals surface area contributed by atoms with Crippen LogP contribution in [0.25, 0.3) is 0 Å². The first-order valence-corrected chi connectivity index (χ1v) is 11.8. The monoisotopic (exact) mass is 570 g/mol. The summed E-state index contributed by atoms with van der Waals surface area (Å²) in [5, 5.41) is 4.53. The zero-order chi connectivity index (χ0) is 21.8. The minimum Gasteiger partial charge on any atom is -0.356 e. The third kappa shape index (κ3) is 5.78. The van der Waals surface area contributed by atoms with Gasteiger partial charge in [0.15, 0.2) is 5.96 Å². The number of nitrogens with one attached hydrogen (secondary N) is 1. The van der Waals surface area contributed by atoms with Crippen LogP contribution in [0.1, 0.15) is 43.8 Å². The zero-order valence-electron chi connectivity index (χ0n) is 19.3. The molecule has 0 aliphatic carbocycles. The molecule has 32 heavy (non-hydrogen) atoms. The van der Waals surface area contributed by atoms with Gasteiger partial charge in [-0.1, -0.05) is 30.7 Å². The number of aliphatic imine (C=N–C) groups is 1. The van der Waals surface area contributed by atoms with Gasteiger partial charge in [0.2, 0.25) is 0 Å². The largest absolute Gasteiger partial charge is 0.356 e. The molecule has 1 aromatic heterocycles. The Bertz CT molecular complexity index is 873. The van der Waals surface area contributed by atoms with Gasteiger partial charge in [-0.25, -0.2) is 4.98 Å². The zero-order valence-corrected chi connectivity index (χ0v) is 22.4. The van der Waals surface area contributed by atoms with Crippen molar-refractivity contribution >= 4 is 41.5 Å². The van der Waals surface area contributed by atoms with Crippen molar-refractivity contribution in [2.24, 2.45) is 16.8 Å². The lowest BCUT2D eigenvalue weighted by molar-refractivity contribution is 0.121. The molecule has 2 fully saturated rings. The minimum atomic E-state index is 0. The van der Waals surface area contributed by atoms with E-state index in [0.29, 0.717) is 23.9 Å². The first kappa shape index (κ1) is 25.3. The fourth-order valence-corrected chi connectivity index (χ4v) is 5.54. The van der Waals surface area contributed by atoms with E-state index in [2.05, 4.69) is 68.0 Å². The summed E-state index contributed by atoms with van der Waals surface area (Å²) in [5.74, 6) is 2.15. The van der Waals surface area contributed by atoms with E-state index in [1.165, 1.54) is 18.4 Å². The number of rotatable bonds is 4. The van der Waals surface area contributed by atoms with Crippen molar-refractivity contribution in [1.82, 2.24) is 24.7 Å². The standard InChI is InChI=1S/C24H35ClN6.HI/c1-18-9-12-30(16-22(18)31-13-10-27-17-31)24(26-2)28-15-20-7-5-11-29(3)23(20)19-6-4-8-21(25)14-19;/h4,6,8,10,13-14,17-18,20,22-23H,5,7,9,11-12,15-16H2,1-3H3,(H,26,28);1H. The molecule has 0 bridgehead atoms. The van der Waals surface area contributed by atoms with Gasteiger partial charge in [-0.2, -0.15) is 0 Å². The molecule has 2 saturated heterocycles. The van der Waals surface area contributed by atoms with Gasteiger partial charge >= 0.3 is 0 Å². The number of imidazole rings is 1. The number of benzene rings is 1. The van der Waals surface area contributed by atoms with Crippen molar-refractivity contribution < 1.29 is 0 Å². The summed E-state index contributed by atoms with van der Waals surface area (Å²) in [6.45, 7) is 6.37. The molecule has 0 radical (unpaired) electrons. The van der Waals surface area contributed by atoms with Crippen LogP contribution in [0.5, 0.6) is 0 Å². The lowest BCUT2D eigenvalue weighted by Gasteiger charge is -2.42. The second kappa shape index (κ2) is 11.7. The van der Waals surface area contributed by atoms with E-state index in [1.807, 2.05) is 25.6 Å². The molecule has 4 atom stereocenters. The summed E-state index contributed by atoms with van der Waals surface area (Å²) < 4.78 is 2.25. The van der Waals surface area contributed by atoms with E-state index in [9.17, 15) is 0 Å². The molecule has 3 heterocycles. The van der Waals surface area contributed by atoms with Crippen LogP contribution in [0, 0.1) is 11.8 Å². The van der Waals surface area contributed by atoms with Crippen LogP contribution in [0.4, 0.5) is 0 Å². The minimum absolute atomic E-state index is 0. The van der Waals surface area contributed by atoms with E-state index in [0.717, 1.165) is 43.6 Å². The number of halogens is 2. The third-order valence-corrected chi connectivity index (χ3v) is 7.29. The van der Waals surface area contributed by atoms with E-state index in [1.54, 1.807) is 0 Å². The number of nitrogens with zero attached hydrogens (tertiary/aromatic N) is 5. The molecule has 0 amide bonds. The van der Waals surface area contributed by atoms with E-state index in [-0.39, 0.29) is 24.0 Å². The van der Waals surface area contributed by atoms with Crippen molar-refractivity contribution in [3.63, 3.8) is 0 Å². The number of likely N-dealkylation sites (tertiary alicyclic amines) is 2. The maximum absolute atomic E-state index is 6.31. The van der Waals surface area contributed by atoms with Gasteiger partial charge in [-0.3, -0.25) is 9.89 Å². The predicted molar refractivity (Wildman–Crippen MR) is 143 cm³/mol. The first-order valence-electron chi connectivity index (χ1n) is 11.5. The molecule has 2 aromatic rings. The van der Waals surface area contributed by atoms with E-state index in [4.69, 9.17) is 11.6 Å². The average Bonchev–Trinajstić information content (AvgIpc) is 3.30. The fourth-order valence-electron chi connectivity index (χ4n) is 5.34. The molecule has 4 unspecified atom stereocenters. The molecule has 2 aliphatic heterocycles. The molecule has 1 N–H and O–H groups in total. The maximum Gasteiger partial charge on any atom is 0.193 e. The van der Waals surface area contributed by atoms with Crippen LogP contribution in [-0.2, 0) is 0 Å². The van der Waals surface area contributed by atoms with Gasteiger partial charge in [-0.05, 0) is 62.4 Å². The highest BCUT2D eigenvalue weighted by atomic mass is 127. The Kier molecular flexibility index (Phi) is 9.25. The van der Waals surface area contributed by atoms with Gasteiger partial charge in [0.1, 0.15) is 0 Å².